The van der Waals surface area contributed by atoms with Crippen molar-refractivity contribution in [2.75, 3.05) is 13.1 Å². The van der Waals surface area contributed by atoms with E-state index in [-0.39, 0.29) is 23.7 Å². The van der Waals surface area contributed by atoms with Crippen LogP contribution in [0.1, 0.15) is 27.4 Å². The highest BCUT2D eigenvalue weighted by atomic mass is 32.2. The normalized spacial score (nSPS) is 19.7. The maximum atomic E-state index is 13.4. The average Bonchev–Trinajstić information content (AvgIpc) is 3.41. The molecular formula is C22H19F4N3O3S. The summed E-state index contributed by atoms with van der Waals surface area (Å²) in [7, 11) is -2.44. The number of imidazole rings is 1. The molecule has 0 amide bonds. The summed E-state index contributed by atoms with van der Waals surface area (Å²) in [4.78, 5) is 17.2. The molecule has 2 atom stereocenters. The number of benzene rings is 2. The van der Waals surface area contributed by atoms with Crippen molar-refractivity contribution in [3.8, 4) is 0 Å². The quantitative estimate of drug-likeness (QED) is 0.410. The minimum atomic E-state index is -4.63. The highest BCUT2D eigenvalue weighted by Crippen LogP contribution is 2.38. The molecule has 0 aliphatic carbocycles. The van der Waals surface area contributed by atoms with E-state index in [9.17, 15) is 30.8 Å². The number of ketones is 1. The maximum Gasteiger partial charge on any atom is 0.416 e. The van der Waals surface area contributed by atoms with Crippen molar-refractivity contribution in [3.63, 3.8) is 0 Å². The number of hydrogen-bond acceptors (Lipinski definition) is 4. The molecule has 0 bridgehead atoms. The highest BCUT2D eigenvalue weighted by Gasteiger charge is 2.44. The van der Waals surface area contributed by atoms with Gasteiger partial charge in [-0.2, -0.15) is 17.5 Å². The van der Waals surface area contributed by atoms with Crippen molar-refractivity contribution in [2.45, 2.75) is 17.1 Å². The van der Waals surface area contributed by atoms with Gasteiger partial charge >= 0.3 is 6.18 Å². The smallest absolute Gasteiger partial charge is 0.339 e. The van der Waals surface area contributed by atoms with Crippen LogP contribution < -0.4 is 0 Å². The van der Waals surface area contributed by atoms with Gasteiger partial charge in [-0.3, -0.25) is 4.79 Å². The molecule has 1 aromatic heterocycles. The zero-order valence-corrected chi connectivity index (χ0v) is 18.1. The Balaban J connectivity index is 1.72. The van der Waals surface area contributed by atoms with E-state index in [4.69, 9.17) is 0 Å². The number of rotatable bonds is 5. The fraction of sp³-hybridized carbons (Fsp3) is 0.273. The van der Waals surface area contributed by atoms with Crippen LogP contribution in [-0.4, -0.2) is 41.1 Å². The third-order valence-corrected chi connectivity index (χ3v) is 7.40. The third-order valence-electron chi connectivity index (χ3n) is 5.68. The Morgan fingerprint density at radius 3 is 2.39 bits per heavy atom. The van der Waals surface area contributed by atoms with E-state index in [0.717, 1.165) is 22.5 Å². The molecule has 2 heterocycles. The molecule has 0 N–H and O–H groups in total. The predicted molar refractivity (Wildman–Crippen MR) is 110 cm³/mol. The lowest BCUT2D eigenvalue weighted by molar-refractivity contribution is -0.137. The Morgan fingerprint density at radius 1 is 1.09 bits per heavy atom. The summed E-state index contributed by atoms with van der Waals surface area (Å²) in [5.41, 5.74) is -0.623. The molecule has 2 aromatic carbocycles. The van der Waals surface area contributed by atoms with E-state index in [2.05, 4.69) is 4.98 Å². The van der Waals surface area contributed by atoms with Crippen molar-refractivity contribution in [1.29, 1.82) is 0 Å². The Hall–Kier alpha value is -3.05. The van der Waals surface area contributed by atoms with Gasteiger partial charge < -0.3 is 4.57 Å². The minimum Gasteiger partial charge on any atom is -0.339 e. The summed E-state index contributed by atoms with van der Waals surface area (Å²) in [5, 5.41) is -0.199. The van der Waals surface area contributed by atoms with Crippen LogP contribution in [0.5, 0.6) is 0 Å². The molecule has 6 nitrogen and oxygen atoms in total. The van der Waals surface area contributed by atoms with Crippen molar-refractivity contribution in [2.24, 2.45) is 13.0 Å². The molecule has 1 aliphatic heterocycles. The number of sulfonamides is 1. The van der Waals surface area contributed by atoms with Gasteiger partial charge in [-0.1, -0.05) is 24.3 Å². The molecule has 1 aliphatic rings. The van der Waals surface area contributed by atoms with Crippen molar-refractivity contribution >= 4 is 15.8 Å². The summed E-state index contributed by atoms with van der Waals surface area (Å²) in [6, 6.07) is 9.32. The molecule has 11 heteroatoms. The number of carbonyl (C=O) groups excluding carboxylic acids is 1. The van der Waals surface area contributed by atoms with Gasteiger partial charge in [-0.25, -0.2) is 17.8 Å². The molecule has 0 radical (unpaired) electrons. The molecule has 0 spiro atoms. The van der Waals surface area contributed by atoms with Crippen LogP contribution in [0.4, 0.5) is 17.6 Å². The van der Waals surface area contributed by atoms with Gasteiger partial charge in [0, 0.05) is 43.7 Å². The molecule has 1 fully saturated rings. The van der Waals surface area contributed by atoms with Crippen LogP contribution in [0.2, 0.25) is 0 Å². The number of aromatic nitrogens is 2. The first-order chi connectivity index (χ1) is 15.5. The molecule has 33 heavy (non-hydrogen) atoms. The van der Waals surface area contributed by atoms with E-state index in [0.29, 0.717) is 5.56 Å². The summed E-state index contributed by atoms with van der Waals surface area (Å²) < 4.78 is 81.7. The van der Waals surface area contributed by atoms with E-state index in [1.807, 2.05) is 0 Å². The lowest BCUT2D eigenvalue weighted by Gasteiger charge is -2.18. The van der Waals surface area contributed by atoms with Crippen LogP contribution in [-0.2, 0) is 23.2 Å². The highest BCUT2D eigenvalue weighted by molar-refractivity contribution is 7.89. The SMILES string of the molecule is Cn1cnc(S(=O)(=O)N2C[C@@H](C(=O)c3cccc(C(F)(F)F)c3)[C@H](c3ccc(F)cc3)C2)c1. The third kappa shape index (κ3) is 4.55. The van der Waals surface area contributed by atoms with Gasteiger partial charge in [0.1, 0.15) is 5.82 Å². The van der Waals surface area contributed by atoms with Crippen LogP contribution >= 0.6 is 0 Å². The topological polar surface area (TPSA) is 72.3 Å². The average molecular weight is 481 g/mol. The monoisotopic (exact) mass is 481 g/mol. The van der Waals surface area contributed by atoms with Crippen LogP contribution in [0.25, 0.3) is 0 Å². The van der Waals surface area contributed by atoms with Gasteiger partial charge in [0.2, 0.25) is 0 Å². The Kier molecular flexibility index (Phi) is 5.87. The summed E-state index contributed by atoms with van der Waals surface area (Å²) >= 11 is 0. The summed E-state index contributed by atoms with van der Waals surface area (Å²) in [5.74, 6) is -2.76. The number of aryl methyl sites for hydroxylation is 1. The number of Topliss-reactive ketones (excluding diaryl/α,β-unsaturated/α-hetero) is 1. The fourth-order valence-electron chi connectivity index (χ4n) is 3.99. The second kappa shape index (κ2) is 8.38. The number of nitrogens with zero attached hydrogens (tertiary/aromatic N) is 3. The van der Waals surface area contributed by atoms with E-state index in [1.54, 1.807) is 7.05 Å². The van der Waals surface area contributed by atoms with Gasteiger partial charge in [0.05, 0.1) is 11.9 Å². The number of hydrogen-bond donors (Lipinski definition) is 0. The minimum absolute atomic E-state index is 0.0973. The van der Waals surface area contributed by atoms with Crippen molar-refractivity contribution in [1.82, 2.24) is 13.9 Å². The second-order valence-corrected chi connectivity index (χ2v) is 9.79. The maximum absolute atomic E-state index is 13.4. The number of halogens is 4. The van der Waals surface area contributed by atoms with Crippen molar-refractivity contribution < 1.29 is 30.8 Å². The molecular weight excluding hydrogens is 462 g/mol. The Morgan fingerprint density at radius 2 is 1.79 bits per heavy atom. The molecule has 1 saturated heterocycles. The van der Waals surface area contributed by atoms with E-state index in [1.165, 1.54) is 47.4 Å². The van der Waals surface area contributed by atoms with Gasteiger partial charge in [-0.05, 0) is 29.8 Å². The molecule has 0 unspecified atom stereocenters. The fourth-order valence-corrected chi connectivity index (χ4v) is 5.45. The first-order valence-electron chi connectivity index (χ1n) is 9.92. The lowest BCUT2D eigenvalue weighted by Crippen LogP contribution is -2.30. The second-order valence-electron chi connectivity index (χ2n) is 7.91. The first kappa shape index (κ1) is 23.1. The van der Waals surface area contributed by atoms with E-state index >= 15 is 0 Å². The molecule has 3 aromatic rings. The van der Waals surface area contributed by atoms with Crippen LogP contribution in [0.3, 0.4) is 0 Å². The zero-order valence-electron chi connectivity index (χ0n) is 17.3. The summed E-state index contributed by atoms with van der Waals surface area (Å²) in [6.07, 6.45) is -1.98. The largest absolute Gasteiger partial charge is 0.416 e. The van der Waals surface area contributed by atoms with Gasteiger partial charge in [-0.15, -0.1) is 0 Å². The molecule has 0 saturated carbocycles. The number of alkyl halides is 3. The molecule has 174 valence electrons. The van der Waals surface area contributed by atoms with E-state index < -0.39 is 45.2 Å². The lowest BCUT2D eigenvalue weighted by atomic mass is 9.83. The molecule has 4 rings (SSSR count). The van der Waals surface area contributed by atoms with Crippen LogP contribution in [0, 0.1) is 11.7 Å². The standard InChI is InChI=1S/C22H19F4N3O3S/c1-28-12-20(27-13-28)33(31,32)29-10-18(14-5-7-17(23)8-6-14)19(11-29)21(30)15-3-2-4-16(9-15)22(24,25)26/h2-9,12-13,18-19H,10-11H2,1H3/t18-,19+/m0/s1. The van der Waals surface area contributed by atoms with Crippen LogP contribution in [0.15, 0.2) is 66.1 Å². The Bertz CT molecular complexity index is 1290. The van der Waals surface area contributed by atoms with Gasteiger partial charge in [0.15, 0.2) is 10.8 Å². The first-order valence-corrected chi connectivity index (χ1v) is 11.4. The summed E-state index contributed by atoms with van der Waals surface area (Å²) in [6.45, 7) is -0.337. The zero-order chi connectivity index (χ0) is 24.0. The van der Waals surface area contributed by atoms with Gasteiger partial charge in [0.25, 0.3) is 10.0 Å². The van der Waals surface area contributed by atoms with Crippen molar-refractivity contribution in [3.05, 3.63) is 83.6 Å². The Labute approximate surface area is 187 Å². The predicted octanol–water partition coefficient (Wildman–Crippen LogP) is 3.87. The number of carbonyl (C=O) groups is 1.